The van der Waals surface area contributed by atoms with Gasteiger partial charge in [0.2, 0.25) is 0 Å². The highest BCUT2D eigenvalue weighted by molar-refractivity contribution is 5.88. The molecule has 37 heavy (non-hydrogen) atoms. The number of hydrogen-bond donors (Lipinski definition) is 1. The molecule has 0 fully saturated rings. The maximum atomic E-state index is 14.3. The molecule has 13 heteroatoms. The number of ether oxygens (including phenoxy) is 1. The summed E-state index contributed by atoms with van der Waals surface area (Å²) in [5.74, 6) is -1.91. The molecule has 0 unspecified atom stereocenters. The molecule has 0 aliphatic carbocycles. The second-order valence-electron chi connectivity index (χ2n) is 7.71. The minimum Gasteiger partial charge on any atom is -0.356 e. The average molecular weight is 536 g/mol. The molecule has 0 spiro atoms. The van der Waals surface area contributed by atoms with Gasteiger partial charge in [-0.2, -0.15) is 39.5 Å². The summed E-state index contributed by atoms with van der Waals surface area (Å²) < 4.78 is 128. The van der Waals surface area contributed by atoms with E-state index in [0.717, 1.165) is 36.5 Å². The standard InChI is InChI=1S/C24H17F9N2O2/c1-37-21(24(31,32)33,15-6-3-2-4-7-15)20(36)35-18(14-9-11-16(12-10-14)22(25,26)27)19-17(23(28,29)30)8-5-13-34-19/h2-13,18H,1H3,(H,35,36)/t18-,21+/m0/s1. The van der Waals surface area contributed by atoms with E-state index in [1.54, 1.807) is 0 Å². The summed E-state index contributed by atoms with van der Waals surface area (Å²) in [5, 5.41) is 1.89. The molecule has 3 rings (SSSR count). The van der Waals surface area contributed by atoms with E-state index in [-0.39, 0.29) is 5.56 Å². The van der Waals surface area contributed by atoms with Gasteiger partial charge in [0, 0.05) is 18.9 Å². The number of halogens is 9. The molecule has 0 aliphatic heterocycles. The molecule has 0 bridgehead atoms. The van der Waals surface area contributed by atoms with Crippen molar-refractivity contribution in [1.82, 2.24) is 10.3 Å². The van der Waals surface area contributed by atoms with Crippen LogP contribution in [0.2, 0.25) is 0 Å². The number of aromatic nitrogens is 1. The number of benzene rings is 2. The van der Waals surface area contributed by atoms with Gasteiger partial charge in [0.1, 0.15) is 0 Å². The van der Waals surface area contributed by atoms with E-state index in [2.05, 4.69) is 9.72 Å². The number of hydrogen-bond acceptors (Lipinski definition) is 3. The zero-order chi connectivity index (χ0) is 27.6. The van der Waals surface area contributed by atoms with E-state index in [1.807, 2.05) is 5.32 Å². The van der Waals surface area contributed by atoms with Crippen molar-refractivity contribution in [2.24, 2.45) is 0 Å². The molecular weight excluding hydrogens is 519 g/mol. The third-order valence-electron chi connectivity index (χ3n) is 5.47. The van der Waals surface area contributed by atoms with E-state index < -0.39 is 58.5 Å². The second kappa shape index (κ2) is 10.0. The molecule has 0 saturated heterocycles. The van der Waals surface area contributed by atoms with E-state index in [9.17, 15) is 44.3 Å². The van der Waals surface area contributed by atoms with E-state index >= 15 is 0 Å². The van der Waals surface area contributed by atoms with Gasteiger partial charge in [0.05, 0.1) is 22.9 Å². The number of methoxy groups -OCH3 is 1. The Morgan fingerprint density at radius 1 is 0.784 bits per heavy atom. The summed E-state index contributed by atoms with van der Waals surface area (Å²) in [6, 6.07) is 7.61. The van der Waals surface area contributed by atoms with Crippen LogP contribution in [0.15, 0.2) is 72.9 Å². The predicted octanol–water partition coefficient (Wildman–Crippen LogP) is 6.43. The number of amides is 1. The molecule has 2 aromatic carbocycles. The first-order valence-corrected chi connectivity index (χ1v) is 10.3. The van der Waals surface area contributed by atoms with Crippen molar-refractivity contribution in [3.8, 4) is 0 Å². The molecule has 1 N–H and O–H groups in total. The first-order valence-electron chi connectivity index (χ1n) is 10.3. The van der Waals surface area contributed by atoms with Gasteiger partial charge in [-0.15, -0.1) is 0 Å². The van der Waals surface area contributed by atoms with Crippen LogP contribution in [0.4, 0.5) is 39.5 Å². The van der Waals surface area contributed by atoms with Crippen LogP contribution in [0, 0.1) is 0 Å². The van der Waals surface area contributed by atoms with Crippen LogP contribution in [-0.2, 0) is 27.5 Å². The first kappa shape index (κ1) is 28.0. The van der Waals surface area contributed by atoms with Gasteiger partial charge in [-0.25, -0.2) is 0 Å². The molecule has 4 nitrogen and oxygen atoms in total. The summed E-state index contributed by atoms with van der Waals surface area (Å²) in [6.45, 7) is 0. The topological polar surface area (TPSA) is 51.2 Å². The van der Waals surface area contributed by atoms with Crippen molar-refractivity contribution in [1.29, 1.82) is 0 Å². The molecule has 198 valence electrons. The fourth-order valence-corrected chi connectivity index (χ4v) is 3.72. The lowest BCUT2D eigenvalue weighted by molar-refractivity contribution is -0.266. The zero-order valence-corrected chi connectivity index (χ0v) is 18.7. The van der Waals surface area contributed by atoms with Crippen LogP contribution < -0.4 is 5.32 Å². The number of rotatable bonds is 6. The summed E-state index contributed by atoms with van der Waals surface area (Å²) in [4.78, 5) is 16.9. The Morgan fingerprint density at radius 2 is 1.38 bits per heavy atom. The monoisotopic (exact) mass is 536 g/mol. The molecule has 1 amide bonds. The second-order valence-corrected chi connectivity index (χ2v) is 7.71. The van der Waals surface area contributed by atoms with Gasteiger partial charge >= 0.3 is 18.5 Å². The SMILES string of the molecule is CO[C@@](C(=O)N[C@@H](c1ccc(C(F)(F)F)cc1)c1ncccc1C(F)(F)F)(c1ccccc1)C(F)(F)F. The smallest absolute Gasteiger partial charge is 0.356 e. The average Bonchev–Trinajstić information content (AvgIpc) is 2.82. The van der Waals surface area contributed by atoms with E-state index in [1.165, 1.54) is 18.2 Å². The minimum atomic E-state index is -5.39. The molecule has 0 radical (unpaired) electrons. The lowest BCUT2D eigenvalue weighted by atomic mass is 9.90. The maximum Gasteiger partial charge on any atom is 0.430 e. The van der Waals surface area contributed by atoms with Gasteiger partial charge in [-0.3, -0.25) is 9.78 Å². The molecule has 3 aromatic rings. The van der Waals surface area contributed by atoms with Gasteiger partial charge in [-0.1, -0.05) is 42.5 Å². The number of carbonyl (C=O) groups is 1. The lowest BCUT2D eigenvalue weighted by Crippen LogP contribution is -2.56. The molecular formula is C24H17F9N2O2. The largest absolute Gasteiger partial charge is 0.430 e. The van der Waals surface area contributed by atoms with Crippen molar-refractivity contribution in [2.75, 3.05) is 7.11 Å². The number of carbonyl (C=O) groups excluding carboxylic acids is 1. The number of alkyl halides is 9. The number of nitrogens with zero attached hydrogens (tertiary/aromatic N) is 1. The Balaban J connectivity index is 2.20. The normalized spacial score (nSPS) is 15.1. The van der Waals surface area contributed by atoms with Gasteiger partial charge in [0.15, 0.2) is 0 Å². The highest BCUT2D eigenvalue weighted by Gasteiger charge is 2.63. The third kappa shape index (κ3) is 5.55. The maximum absolute atomic E-state index is 14.3. The Hall–Kier alpha value is -3.61. The summed E-state index contributed by atoms with van der Waals surface area (Å²) in [6.07, 6.45) is -14.3. The highest BCUT2D eigenvalue weighted by atomic mass is 19.4. The Labute approximate surface area is 204 Å². The van der Waals surface area contributed by atoms with Crippen LogP contribution in [-0.4, -0.2) is 24.2 Å². The van der Waals surface area contributed by atoms with Gasteiger partial charge in [-0.05, 0) is 29.8 Å². The fourth-order valence-electron chi connectivity index (χ4n) is 3.72. The Bertz CT molecular complexity index is 1220. The summed E-state index contributed by atoms with van der Waals surface area (Å²) in [5.41, 5.74) is -8.22. The molecule has 0 saturated carbocycles. The number of pyridine rings is 1. The van der Waals surface area contributed by atoms with Crippen molar-refractivity contribution < 1.29 is 49.0 Å². The van der Waals surface area contributed by atoms with Gasteiger partial charge in [0.25, 0.3) is 11.5 Å². The van der Waals surface area contributed by atoms with Crippen molar-refractivity contribution in [3.05, 3.63) is 101 Å². The van der Waals surface area contributed by atoms with Crippen LogP contribution in [0.5, 0.6) is 0 Å². The van der Waals surface area contributed by atoms with Crippen LogP contribution in [0.3, 0.4) is 0 Å². The highest BCUT2D eigenvalue weighted by Crippen LogP contribution is 2.43. The van der Waals surface area contributed by atoms with Gasteiger partial charge < -0.3 is 10.1 Å². The first-order chi connectivity index (χ1) is 17.1. The number of nitrogens with one attached hydrogen (secondary N) is 1. The Morgan fingerprint density at radius 3 is 1.86 bits per heavy atom. The molecule has 1 heterocycles. The minimum absolute atomic E-state index is 0.384. The summed E-state index contributed by atoms with van der Waals surface area (Å²) >= 11 is 0. The zero-order valence-electron chi connectivity index (χ0n) is 18.7. The molecule has 2 atom stereocenters. The fraction of sp³-hybridized carbons (Fsp3) is 0.250. The Kier molecular flexibility index (Phi) is 7.59. The van der Waals surface area contributed by atoms with Crippen molar-refractivity contribution >= 4 is 5.91 Å². The molecule has 0 aliphatic rings. The summed E-state index contributed by atoms with van der Waals surface area (Å²) in [7, 11) is 0.592. The van der Waals surface area contributed by atoms with Crippen LogP contribution in [0.1, 0.15) is 34.0 Å². The van der Waals surface area contributed by atoms with E-state index in [4.69, 9.17) is 0 Å². The van der Waals surface area contributed by atoms with Crippen LogP contribution in [0.25, 0.3) is 0 Å². The van der Waals surface area contributed by atoms with E-state index in [0.29, 0.717) is 25.3 Å². The predicted molar refractivity (Wildman–Crippen MR) is 112 cm³/mol. The van der Waals surface area contributed by atoms with Crippen molar-refractivity contribution in [3.63, 3.8) is 0 Å². The molecule has 1 aromatic heterocycles. The van der Waals surface area contributed by atoms with Crippen LogP contribution >= 0.6 is 0 Å². The van der Waals surface area contributed by atoms with Crippen molar-refractivity contribution in [2.45, 2.75) is 30.2 Å². The third-order valence-corrected chi connectivity index (χ3v) is 5.47. The lowest BCUT2D eigenvalue weighted by Gasteiger charge is -2.35. The quantitative estimate of drug-likeness (QED) is 0.370.